The summed E-state index contributed by atoms with van der Waals surface area (Å²) >= 11 is 0. The molecule has 1 fully saturated rings. The van der Waals surface area contributed by atoms with Crippen LogP contribution in [-0.2, 0) is 14.2 Å². The fourth-order valence-electron chi connectivity index (χ4n) is 4.65. The molecular weight excluding hydrogens is 266 g/mol. The van der Waals surface area contributed by atoms with Gasteiger partial charge >= 0.3 is 0 Å². The highest BCUT2D eigenvalue weighted by atomic mass is 16.7. The van der Waals surface area contributed by atoms with Crippen molar-refractivity contribution in [3.63, 3.8) is 0 Å². The highest BCUT2D eigenvalue weighted by Crippen LogP contribution is 2.57. The number of rotatable bonds is 4. The lowest BCUT2D eigenvalue weighted by atomic mass is 9.51. The quantitative estimate of drug-likeness (QED) is 0.746. The third-order valence-electron chi connectivity index (χ3n) is 5.48. The van der Waals surface area contributed by atoms with Crippen molar-refractivity contribution in [2.75, 3.05) is 21.0 Å². The van der Waals surface area contributed by atoms with Gasteiger partial charge in [0.15, 0.2) is 0 Å². The Balaban J connectivity index is 2.44. The van der Waals surface area contributed by atoms with Gasteiger partial charge in [0.1, 0.15) is 6.79 Å². The second-order valence-corrected chi connectivity index (χ2v) is 7.06. The topological polar surface area (TPSA) is 51.5 Å². The van der Waals surface area contributed by atoms with Crippen LogP contribution in [0, 0.1) is 28.1 Å². The van der Waals surface area contributed by atoms with Crippen LogP contribution in [0.2, 0.25) is 0 Å². The van der Waals surface area contributed by atoms with E-state index < -0.39 is 0 Å². The molecule has 2 unspecified atom stereocenters. The van der Waals surface area contributed by atoms with E-state index in [2.05, 4.69) is 32.9 Å². The molecule has 0 spiro atoms. The van der Waals surface area contributed by atoms with E-state index in [-0.39, 0.29) is 23.0 Å². The summed E-state index contributed by atoms with van der Waals surface area (Å²) < 4.78 is 16.7. The summed E-state index contributed by atoms with van der Waals surface area (Å²) in [6, 6.07) is 2.34. The molecule has 4 heteroatoms. The Morgan fingerprint density at radius 2 is 2.00 bits per heavy atom. The monoisotopic (exact) mass is 293 g/mol. The van der Waals surface area contributed by atoms with Crippen LogP contribution < -0.4 is 0 Å². The molecule has 0 heterocycles. The van der Waals surface area contributed by atoms with Crippen LogP contribution in [0.5, 0.6) is 0 Å². The van der Waals surface area contributed by atoms with E-state index in [4.69, 9.17) is 14.2 Å². The number of hydrogen-bond donors (Lipinski definition) is 0. The number of hydrogen-bond acceptors (Lipinski definition) is 4. The Labute approximate surface area is 128 Å². The lowest BCUT2D eigenvalue weighted by molar-refractivity contribution is -0.163. The Kier molecular flexibility index (Phi) is 4.77. The van der Waals surface area contributed by atoms with Crippen LogP contribution in [0.25, 0.3) is 0 Å². The SMILES string of the molecule is COCO[C@H]1CCCC2C(C)(C)C(OC)C(C#N)=C[C@@]21C. The van der Waals surface area contributed by atoms with Crippen molar-refractivity contribution in [3.05, 3.63) is 11.6 Å². The van der Waals surface area contributed by atoms with Crippen molar-refractivity contribution in [3.8, 4) is 6.07 Å². The maximum atomic E-state index is 9.53. The highest BCUT2D eigenvalue weighted by molar-refractivity contribution is 5.35. The van der Waals surface area contributed by atoms with Crippen LogP contribution in [0.1, 0.15) is 40.0 Å². The fourth-order valence-corrected chi connectivity index (χ4v) is 4.65. The molecule has 21 heavy (non-hydrogen) atoms. The van der Waals surface area contributed by atoms with Gasteiger partial charge in [-0.1, -0.05) is 33.3 Å². The minimum atomic E-state index is -0.139. The molecule has 0 aromatic heterocycles. The van der Waals surface area contributed by atoms with Gasteiger partial charge in [-0.05, 0) is 24.2 Å². The zero-order valence-electron chi connectivity index (χ0n) is 13.8. The van der Waals surface area contributed by atoms with E-state index in [0.717, 1.165) is 24.8 Å². The highest BCUT2D eigenvalue weighted by Gasteiger charge is 2.56. The van der Waals surface area contributed by atoms with Gasteiger partial charge in [0, 0.05) is 19.6 Å². The first kappa shape index (κ1) is 16.5. The summed E-state index contributed by atoms with van der Waals surface area (Å²) in [5.41, 5.74) is 0.507. The number of nitriles is 1. The molecule has 1 saturated carbocycles. The molecule has 4 atom stereocenters. The van der Waals surface area contributed by atoms with Crippen LogP contribution >= 0.6 is 0 Å². The van der Waals surface area contributed by atoms with Crippen molar-refractivity contribution in [1.29, 1.82) is 5.26 Å². The summed E-state index contributed by atoms with van der Waals surface area (Å²) in [6.07, 6.45) is 5.37. The number of ether oxygens (including phenoxy) is 3. The van der Waals surface area contributed by atoms with Gasteiger partial charge in [-0.3, -0.25) is 0 Å². The summed E-state index contributed by atoms with van der Waals surface area (Å²) in [5.74, 6) is 0.433. The van der Waals surface area contributed by atoms with Crippen LogP contribution in [0.4, 0.5) is 0 Å². The van der Waals surface area contributed by atoms with E-state index in [1.54, 1.807) is 14.2 Å². The van der Waals surface area contributed by atoms with Crippen LogP contribution in [0.15, 0.2) is 11.6 Å². The van der Waals surface area contributed by atoms with Crippen LogP contribution in [0.3, 0.4) is 0 Å². The minimum absolute atomic E-state index is 0.0849. The predicted molar refractivity (Wildman–Crippen MR) is 80.5 cm³/mol. The van der Waals surface area contributed by atoms with E-state index in [1.807, 2.05) is 0 Å². The second kappa shape index (κ2) is 6.08. The molecule has 0 aromatic rings. The average molecular weight is 293 g/mol. The molecule has 2 aliphatic rings. The van der Waals surface area contributed by atoms with Gasteiger partial charge in [0.05, 0.1) is 23.9 Å². The Hall–Kier alpha value is -0.890. The minimum Gasteiger partial charge on any atom is -0.375 e. The molecule has 0 aliphatic heterocycles. The Morgan fingerprint density at radius 3 is 2.57 bits per heavy atom. The zero-order valence-corrected chi connectivity index (χ0v) is 13.8. The van der Waals surface area contributed by atoms with E-state index >= 15 is 0 Å². The number of methoxy groups -OCH3 is 2. The first-order chi connectivity index (χ1) is 9.91. The second-order valence-electron chi connectivity index (χ2n) is 7.06. The van der Waals surface area contributed by atoms with Gasteiger partial charge in [0.2, 0.25) is 0 Å². The van der Waals surface area contributed by atoms with E-state index in [9.17, 15) is 5.26 Å². The largest absolute Gasteiger partial charge is 0.375 e. The summed E-state index contributed by atoms with van der Waals surface area (Å²) in [7, 11) is 3.34. The maximum Gasteiger partial charge on any atom is 0.146 e. The summed E-state index contributed by atoms with van der Waals surface area (Å²) in [5, 5.41) is 9.53. The summed E-state index contributed by atoms with van der Waals surface area (Å²) in [4.78, 5) is 0. The maximum absolute atomic E-state index is 9.53. The zero-order chi connectivity index (χ0) is 15.7. The molecule has 118 valence electrons. The van der Waals surface area contributed by atoms with Crippen molar-refractivity contribution in [2.45, 2.75) is 52.2 Å². The third-order valence-corrected chi connectivity index (χ3v) is 5.48. The summed E-state index contributed by atoms with van der Waals surface area (Å²) in [6.45, 7) is 6.96. The molecule has 4 nitrogen and oxygen atoms in total. The van der Waals surface area contributed by atoms with Gasteiger partial charge in [-0.2, -0.15) is 5.26 Å². The molecule has 0 N–H and O–H groups in total. The standard InChI is InChI=1S/C17H27NO3/c1-16(2)13-7-6-8-14(21-11-19-4)17(13,3)9-12(10-18)15(16)20-5/h9,13-15H,6-8,11H2,1-5H3/t13?,14-,15?,17-/m0/s1. The first-order valence-electron chi connectivity index (χ1n) is 7.68. The molecule has 0 saturated heterocycles. The number of fused-ring (bicyclic) bond motifs is 1. The van der Waals surface area contributed by atoms with Gasteiger partial charge in [0.25, 0.3) is 0 Å². The average Bonchev–Trinajstić information content (AvgIpc) is 2.44. The Morgan fingerprint density at radius 1 is 1.29 bits per heavy atom. The predicted octanol–water partition coefficient (Wildman–Crippen LogP) is 3.29. The van der Waals surface area contributed by atoms with Crippen LogP contribution in [-0.4, -0.2) is 33.2 Å². The van der Waals surface area contributed by atoms with Crippen molar-refractivity contribution in [2.24, 2.45) is 16.7 Å². The van der Waals surface area contributed by atoms with Gasteiger partial charge in [-0.25, -0.2) is 0 Å². The fraction of sp³-hybridized carbons (Fsp3) is 0.824. The third kappa shape index (κ3) is 2.63. The molecule has 0 amide bonds. The first-order valence-corrected chi connectivity index (χ1v) is 7.68. The molecule has 0 radical (unpaired) electrons. The lowest BCUT2D eigenvalue weighted by Gasteiger charge is -2.56. The van der Waals surface area contributed by atoms with Gasteiger partial charge in [-0.15, -0.1) is 0 Å². The normalized spacial score (nSPS) is 38.3. The van der Waals surface area contributed by atoms with Crippen molar-refractivity contribution in [1.82, 2.24) is 0 Å². The lowest BCUT2D eigenvalue weighted by Crippen LogP contribution is -2.56. The molecule has 2 rings (SSSR count). The molecular formula is C17H27NO3. The van der Waals surface area contributed by atoms with E-state index in [1.165, 1.54) is 0 Å². The molecule has 0 aromatic carbocycles. The van der Waals surface area contributed by atoms with Crippen molar-refractivity contribution < 1.29 is 14.2 Å². The number of nitrogens with zero attached hydrogens (tertiary/aromatic N) is 1. The smallest absolute Gasteiger partial charge is 0.146 e. The molecule has 2 aliphatic carbocycles. The molecule has 0 bridgehead atoms. The van der Waals surface area contributed by atoms with Crippen molar-refractivity contribution >= 4 is 0 Å². The van der Waals surface area contributed by atoms with Gasteiger partial charge < -0.3 is 14.2 Å². The Bertz CT molecular complexity index is 451. The van der Waals surface area contributed by atoms with E-state index in [0.29, 0.717) is 12.7 Å².